The van der Waals surface area contributed by atoms with Gasteiger partial charge in [0, 0.05) is 16.6 Å². The van der Waals surface area contributed by atoms with E-state index in [1.165, 1.54) is 4.90 Å². The van der Waals surface area contributed by atoms with Gasteiger partial charge in [-0.25, -0.2) is 4.79 Å². The number of aromatic nitrogens is 1. The summed E-state index contributed by atoms with van der Waals surface area (Å²) in [5.74, 6) is 0.362. The summed E-state index contributed by atoms with van der Waals surface area (Å²) in [5, 5.41) is 4.17. The molecular weight excluding hydrogens is 378 g/mol. The van der Waals surface area contributed by atoms with Gasteiger partial charge in [0.25, 0.3) is 5.91 Å². The van der Waals surface area contributed by atoms with Crippen LogP contribution in [-0.2, 0) is 16.9 Å². The predicted octanol–water partition coefficient (Wildman–Crippen LogP) is 3.86. The molecule has 0 saturated carbocycles. The minimum absolute atomic E-state index is 0.112. The van der Waals surface area contributed by atoms with Crippen LogP contribution in [-0.4, -0.2) is 28.9 Å². The first-order valence-electron chi connectivity index (χ1n) is 8.75. The summed E-state index contributed by atoms with van der Waals surface area (Å²) in [7, 11) is 1.57. The second-order valence-electron chi connectivity index (χ2n) is 6.78. The van der Waals surface area contributed by atoms with Crippen molar-refractivity contribution >= 4 is 34.4 Å². The monoisotopic (exact) mass is 395 g/mol. The minimum Gasteiger partial charge on any atom is -0.497 e. The number of hydrogen-bond donors (Lipinski definition) is 1. The van der Waals surface area contributed by atoms with Crippen LogP contribution < -0.4 is 10.1 Å². The first-order chi connectivity index (χ1) is 13.4. The quantitative estimate of drug-likeness (QED) is 0.681. The molecule has 2 heterocycles. The van der Waals surface area contributed by atoms with Gasteiger partial charge in [0.05, 0.1) is 19.2 Å². The Balaban J connectivity index is 1.67. The van der Waals surface area contributed by atoms with Gasteiger partial charge in [-0.1, -0.05) is 29.8 Å². The highest BCUT2D eigenvalue weighted by molar-refractivity contribution is 6.35. The Labute approximate surface area is 167 Å². The van der Waals surface area contributed by atoms with Gasteiger partial charge < -0.3 is 10.1 Å². The number of benzene rings is 2. The van der Waals surface area contributed by atoms with E-state index in [2.05, 4.69) is 10.3 Å². The Kier molecular flexibility index (Phi) is 4.43. The second kappa shape index (κ2) is 6.80. The number of ether oxygens (including phenoxy) is 1. The smallest absolute Gasteiger partial charge is 0.325 e. The van der Waals surface area contributed by atoms with Gasteiger partial charge >= 0.3 is 6.03 Å². The molecule has 0 aliphatic carbocycles. The Bertz CT molecular complexity index is 1080. The number of methoxy groups -OCH3 is 1. The molecule has 0 radical (unpaired) electrons. The van der Waals surface area contributed by atoms with E-state index >= 15 is 0 Å². The van der Waals surface area contributed by atoms with Gasteiger partial charge in [-0.15, -0.1) is 0 Å². The van der Waals surface area contributed by atoms with E-state index in [-0.39, 0.29) is 12.5 Å². The molecule has 1 atom stereocenters. The summed E-state index contributed by atoms with van der Waals surface area (Å²) in [6.07, 6.45) is 1.66. The second-order valence-corrected chi connectivity index (χ2v) is 7.19. The number of rotatable bonds is 4. The van der Waals surface area contributed by atoms with E-state index in [9.17, 15) is 9.59 Å². The molecule has 1 fully saturated rings. The summed E-state index contributed by atoms with van der Waals surface area (Å²) in [5.41, 5.74) is 0.975. The minimum atomic E-state index is -1.14. The molecule has 7 heteroatoms. The van der Waals surface area contributed by atoms with Crippen molar-refractivity contribution in [3.8, 4) is 5.75 Å². The van der Waals surface area contributed by atoms with Crippen LogP contribution in [0.25, 0.3) is 10.9 Å². The SMILES string of the molecule is COc1ccc(C2(C)NC(=O)N(Cc3ccc(Cl)c4cccnc34)C2=O)cc1. The maximum atomic E-state index is 13.2. The van der Waals surface area contributed by atoms with E-state index in [1.54, 1.807) is 62.7 Å². The zero-order chi connectivity index (χ0) is 19.9. The summed E-state index contributed by atoms with van der Waals surface area (Å²) in [6.45, 7) is 1.81. The van der Waals surface area contributed by atoms with Crippen molar-refractivity contribution in [3.05, 3.63) is 70.9 Å². The average molecular weight is 396 g/mol. The highest BCUT2D eigenvalue weighted by atomic mass is 35.5. The third kappa shape index (κ3) is 2.86. The molecule has 6 nitrogen and oxygen atoms in total. The Morgan fingerprint density at radius 2 is 1.89 bits per heavy atom. The summed E-state index contributed by atoms with van der Waals surface area (Å²) in [6, 6.07) is 13.8. The number of carbonyl (C=O) groups excluding carboxylic acids is 2. The lowest BCUT2D eigenvalue weighted by Crippen LogP contribution is -2.40. The number of fused-ring (bicyclic) bond motifs is 1. The molecule has 142 valence electrons. The van der Waals surface area contributed by atoms with Crippen LogP contribution in [0.4, 0.5) is 4.79 Å². The van der Waals surface area contributed by atoms with Crippen molar-refractivity contribution in [2.24, 2.45) is 0 Å². The summed E-state index contributed by atoms with van der Waals surface area (Å²) in [4.78, 5) is 31.4. The number of halogens is 1. The lowest BCUT2D eigenvalue weighted by molar-refractivity contribution is -0.131. The van der Waals surface area contributed by atoms with E-state index in [4.69, 9.17) is 16.3 Å². The first-order valence-corrected chi connectivity index (χ1v) is 9.12. The molecule has 2 aromatic carbocycles. The van der Waals surface area contributed by atoms with Gasteiger partial charge in [-0.05, 0) is 48.4 Å². The van der Waals surface area contributed by atoms with Crippen molar-refractivity contribution in [1.82, 2.24) is 15.2 Å². The zero-order valence-electron chi connectivity index (χ0n) is 15.4. The fraction of sp³-hybridized carbons (Fsp3) is 0.190. The van der Waals surface area contributed by atoms with E-state index in [0.29, 0.717) is 21.9 Å². The molecule has 0 bridgehead atoms. The molecule has 1 aliphatic heterocycles. The maximum Gasteiger partial charge on any atom is 0.325 e. The van der Waals surface area contributed by atoms with Crippen LogP contribution in [0.2, 0.25) is 5.02 Å². The lowest BCUT2D eigenvalue weighted by Gasteiger charge is -2.22. The maximum absolute atomic E-state index is 13.2. The molecule has 3 amide bonds. The van der Waals surface area contributed by atoms with Crippen LogP contribution in [0.15, 0.2) is 54.7 Å². The highest BCUT2D eigenvalue weighted by Crippen LogP contribution is 2.32. The Morgan fingerprint density at radius 3 is 2.61 bits per heavy atom. The Morgan fingerprint density at radius 1 is 1.14 bits per heavy atom. The third-order valence-electron chi connectivity index (χ3n) is 5.07. The van der Waals surface area contributed by atoms with Crippen molar-refractivity contribution in [3.63, 3.8) is 0 Å². The van der Waals surface area contributed by atoms with Crippen molar-refractivity contribution in [1.29, 1.82) is 0 Å². The zero-order valence-corrected chi connectivity index (χ0v) is 16.2. The highest BCUT2D eigenvalue weighted by Gasteiger charge is 2.49. The number of nitrogens with zero attached hydrogens (tertiary/aromatic N) is 2. The van der Waals surface area contributed by atoms with Gasteiger partial charge in [-0.2, -0.15) is 0 Å². The number of hydrogen-bond acceptors (Lipinski definition) is 4. The standard InChI is InChI=1S/C21H18ClN3O3/c1-21(14-6-8-15(28-2)9-7-14)19(26)25(20(27)24-21)12-13-5-10-17(22)16-4-3-11-23-18(13)16/h3-11H,12H2,1-2H3,(H,24,27). The van der Waals surface area contributed by atoms with Crippen LogP contribution in [0.5, 0.6) is 5.75 Å². The fourth-order valence-electron chi connectivity index (χ4n) is 3.45. The summed E-state index contributed by atoms with van der Waals surface area (Å²) < 4.78 is 5.16. The summed E-state index contributed by atoms with van der Waals surface area (Å²) >= 11 is 6.24. The van der Waals surface area contributed by atoms with Crippen LogP contribution >= 0.6 is 11.6 Å². The molecule has 1 N–H and O–H groups in total. The molecule has 4 rings (SSSR count). The Hall–Kier alpha value is -3.12. The molecule has 0 spiro atoms. The van der Waals surface area contributed by atoms with Crippen LogP contribution in [0, 0.1) is 0 Å². The van der Waals surface area contributed by atoms with Crippen LogP contribution in [0.1, 0.15) is 18.1 Å². The first kappa shape index (κ1) is 18.3. The number of imide groups is 1. The predicted molar refractivity (Wildman–Crippen MR) is 106 cm³/mol. The van der Waals surface area contributed by atoms with Gasteiger partial charge in [0.15, 0.2) is 0 Å². The van der Waals surface area contributed by atoms with Crippen molar-refractivity contribution in [2.75, 3.05) is 7.11 Å². The van der Waals surface area contributed by atoms with Gasteiger partial charge in [0.2, 0.25) is 0 Å². The molecule has 1 aliphatic rings. The number of urea groups is 1. The molecule has 1 aromatic heterocycles. The average Bonchev–Trinajstić information content (AvgIpc) is 2.94. The molecule has 3 aromatic rings. The topological polar surface area (TPSA) is 71.5 Å². The van der Waals surface area contributed by atoms with Gasteiger partial charge in [0.1, 0.15) is 11.3 Å². The number of carbonyl (C=O) groups is 2. The lowest BCUT2D eigenvalue weighted by atomic mass is 9.92. The normalized spacial score (nSPS) is 19.2. The van der Waals surface area contributed by atoms with E-state index < -0.39 is 11.6 Å². The fourth-order valence-corrected chi connectivity index (χ4v) is 3.67. The number of pyridine rings is 1. The van der Waals surface area contributed by atoms with Crippen LogP contribution in [0.3, 0.4) is 0 Å². The largest absolute Gasteiger partial charge is 0.497 e. The third-order valence-corrected chi connectivity index (χ3v) is 5.40. The van der Waals surface area contributed by atoms with E-state index in [0.717, 1.165) is 10.9 Å². The molecule has 28 heavy (non-hydrogen) atoms. The van der Waals surface area contributed by atoms with Crippen molar-refractivity contribution in [2.45, 2.75) is 19.0 Å². The van der Waals surface area contributed by atoms with Crippen molar-refractivity contribution < 1.29 is 14.3 Å². The molecular formula is C21H18ClN3O3. The van der Waals surface area contributed by atoms with Gasteiger partial charge in [-0.3, -0.25) is 14.7 Å². The molecule has 1 unspecified atom stereocenters. The van der Waals surface area contributed by atoms with E-state index in [1.807, 2.05) is 6.07 Å². The number of nitrogens with one attached hydrogen (secondary N) is 1. The molecule has 1 saturated heterocycles. The number of amides is 3.